The van der Waals surface area contributed by atoms with Crippen molar-refractivity contribution < 1.29 is 19.4 Å². The van der Waals surface area contributed by atoms with Gasteiger partial charge in [-0.1, -0.05) is 32.1 Å². The van der Waals surface area contributed by atoms with E-state index in [0.29, 0.717) is 5.69 Å². The number of carboxylic acids is 1. The molecule has 0 atom stereocenters. The zero-order chi connectivity index (χ0) is 15.0. The van der Waals surface area contributed by atoms with Crippen molar-refractivity contribution in [3.63, 3.8) is 0 Å². The molecule has 0 radical (unpaired) electrons. The molecule has 0 heterocycles. The number of aromatic carboxylic acids is 1. The van der Waals surface area contributed by atoms with Crippen LogP contribution in [0.4, 0.5) is 10.5 Å². The molecule has 0 saturated carbocycles. The van der Waals surface area contributed by atoms with E-state index >= 15 is 0 Å². The first-order valence-electron chi connectivity index (χ1n) is 6.49. The quantitative estimate of drug-likeness (QED) is 0.748. The predicted octanol–water partition coefficient (Wildman–Crippen LogP) is 3.46. The van der Waals surface area contributed by atoms with Crippen molar-refractivity contribution in [1.82, 2.24) is 0 Å². The Kier molecular flexibility index (Phi) is 6.29. The van der Waals surface area contributed by atoms with Gasteiger partial charge in [0.25, 0.3) is 0 Å². The Morgan fingerprint density at radius 1 is 1.45 bits per heavy atom. The predicted molar refractivity (Wildman–Crippen MR) is 77.2 cm³/mol. The number of unbranched alkanes of at least 4 members (excludes halogenated alkanes) is 1. The van der Waals surface area contributed by atoms with E-state index in [9.17, 15) is 9.59 Å². The van der Waals surface area contributed by atoms with Gasteiger partial charge < -0.3 is 9.84 Å². The number of anilines is 1. The molecule has 0 fully saturated rings. The van der Waals surface area contributed by atoms with Gasteiger partial charge in [-0.3, -0.25) is 5.32 Å². The summed E-state index contributed by atoms with van der Waals surface area (Å²) in [6.45, 7) is 5.62. The third kappa shape index (κ3) is 4.76. The van der Waals surface area contributed by atoms with Crippen LogP contribution in [0.25, 0.3) is 0 Å². The Morgan fingerprint density at radius 3 is 2.80 bits per heavy atom. The van der Waals surface area contributed by atoms with E-state index < -0.39 is 12.1 Å². The minimum absolute atomic E-state index is 0.106. The van der Waals surface area contributed by atoms with Gasteiger partial charge in [0.1, 0.15) is 6.61 Å². The Morgan fingerprint density at radius 2 is 2.20 bits per heavy atom. The van der Waals surface area contributed by atoms with Crippen molar-refractivity contribution in [3.05, 3.63) is 42.0 Å². The molecule has 1 rings (SSSR count). The zero-order valence-electron chi connectivity index (χ0n) is 11.5. The van der Waals surface area contributed by atoms with Crippen molar-refractivity contribution >= 4 is 17.7 Å². The van der Waals surface area contributed by atoms with Gasteiger partial charge in [-0.25, -0.2) is 9.59 Å². The first kappa shape index (κ1) is 15.8. The highest BCUT2D eigenvalue weighted by molar-refractivity contribution is 5.92. The maximum atomic E-state index is 11.5. The first-order chi connectivity index (χ1) is 9.58. The highest BCUT2D eigenvalue weighted by Gasteiger charge is 2.11. The zero-order valence-corrected chi connectivity index (χ0v) is 11.5. The molecule has 0 aliphatic heterocycles. The van der Waals surface area contributed by atoms with E-state index in [1.54, 1.807) is 6.07 Å². The van der Waals surface area contributed by atoms with Gasteiger partial charge in [-0.2, -0.15) is 0 Å². The van der Waals surface area contributed by atoms with Crippen LogP contribution in [-0.2, 0) is 11.2 Å². The monoisotopic (exact) mass is 277 g/mol. The van der Waals surface area contributed by atoms with E-state index in [4.69, 9.17) is 9.84 Å². The molecule has 0 aliphatic rings. The summed E-state index contributed by atoms with van der Waals surface area (Å²) >= 11 is 0. The summed E-state index contributed by atoms with van der Waals surface area (Å²) in [6, 6.07) is 4.71. The van der Waals surface area contributed by atoms with Crippen LogP contribution >= 0.6 is 0 Å². The van der Waals surface area contributed by atoms with Crippen molar-refractivity contribution in [2.24, 2.45) is 0 Å². The summed E-state index contributed by atoms with van der Waals surface area (Å²) in [4.78, 5) is 22.5. The molecule has 0 saturated heterocycles. The van der Waals surface area contributed by atoms with Crippen LogP contribution in [-0.4, -0.2) is 23.8 Å². The second-order valence-electron chi connectivity index (χ2n) is 4.29. The lowest BCUT2D eigenvalue weighted by Crippen LogP contribution is -2.15. The van der Waals surface area contributed by atoms with Crippen LogP contribution in [0.1, 0.15) is 35.7 Å². The summed E-state index contributed by atoms with van der Waals surface area (Å²) in [5, 5.41) is 11.6. The molecular weight excluding hydrogens is 258 g/mol. The Hall–Kier alpha value is -2.30. The molecule has 20 heavy (non-hydrogen) atoms. The Balaban J connectivity index is 2.92. The summed E-state index contributed by atoms with van der Waals surface area (Å²) in [7, 11) is 0. The fourth-order valence-corrected chi connectivity index (χ4v) is 1.69. The van der Waals surface area contributed by atoms with E-state index in [1.807, 2.05) is 0 Å². The molecule has 0 bridgehead atoms. The van der Waals surface area contributed by atoms with Crippen molar-refractivity contribution in [3.8, 4) is 0 Å². The lowest BCUT2D eigenvalue weighted by molar-refractivity contribution is 0.0697. The fraction of sp³-hybridized carbons (Fsp3) is 0.333. The standard InChI is InChI=1S/C15H19NO4/c1-3-5-6-11-7-8-12(14(17)18)10-13(11)16-15(19)20-9-4-2/h4,7-8,10H,2-3,5-6,9H2,1H3,(H,16,19)(H,17,18). The summed E-state index contributed by atoms with van der Waals surface area (Å²) in [6.07, 6.45) is 3.59. The number of carbonyl (C=O) groups is 2. The van der Waals surface area contributed by atoms with Crippen LogP contribution in [0.5, 0.6) is 0 Å². The van der Waals surface area contributed by atoms with Gasteiger partial charge >= 0.3 is 12.1 Å². The van der Waals surface area contributed by atoms with Crippen molar-refractivity contribution in [1.29, 1.82) is 0 Å². The molecule has 5 nitrogen and oxygen atoms in total. The lowest BCUT2D eigenvalue weighted by atomic mass is 10.0. The minimum Gasteiger partial charge on any atom is -0.478 e. The molecule has 5 heteroatoms. The summed E-state index contributed by atoms with van der Waals surface area (Å²) in [5.74, 6) is -1.03. The molecule has 1 aromatic carbocycles. The molecule has 1 aromatic rings. The topological polar surface area (TPSA) is 75.6 Å². The van der Waals surface area contributed by atoms with Gasteiger partial charge in [0, 0.05) is 5.69 Å². The number of hydrogen-bond acceptors (Lipinski definition) is 3. The van der Waals surface area contributed by atoms with Gasteiger partial charge in [0.05, 0.1) is 5.56 Å². The summed E-state index contributed by atoms with van der Waals surface area (Å²) < 4.78 is 4.84. The van der Waals surface area contributed by atoms with Crippen LogP contribution in [0, 0.1) is 0 Å². The van der Waals surface area contributed by atoms with E-state index in [-0.39, 0.29) is 12.2 Å². The number of hydrogen-bond donors (Lipinski definition) is 2. The number of aryl methyl sites for hydroxylation is 1. The Bertz CT molecular complexity index is 497. The van der Waals surface area contributed by atoms with E-state index in [2.05, 4.69) is 18.8 Å². The number of carboxylic acid groups (broad SMARTS) is 1. The average Bonchev–Trinajstić information content (AvgIpc) is 2.43. The molecule has 2 N–H and O–H groups in total. The smallest absolute Gasteiger partial charge is 0.411 e. The number of ether oxygens (including phenoxy) is 1. The van der Waals surface area contributed by atoms with Gasteiger partial charge in [0.2, 0.25) is 0 Å². The highest BCUT2D eigenvalue weighted by Crippen LogP contribution is 2.20. The lowest BCUT2D eigenvalue weighted by Gasteiger charge is -2.11. The minimum atomic E-state index is -1.03. The first-order valence-corrected chi connectivity index (χ1v) is 6.49. The number of nitrogens with one attached hydrogen (secondary N) is 1. The maximum Gasteiger partial charge on any atom is 0.411 e. The molecule has 1 amide bonds. The SMILES string of the molecule is C=CCOC(=O)Nc1cc(C(=O)O)ccc1CCCC. The van der Waals surface area contributed by atoms with E-state index in [0.717, 1.165) is 24.8 Å². The number of carbonyl (C=O) groups excluding carboxylic acids is 1. The van der Waals surface area contributed by atoms with Gasteiger partial charge in [0.15, 0.2) is 0 Å². The van der Waals surface area contributed by atoms with E-state index in [1.165, 1.54) is 18.2 Å². The van der Waals surface area contributed by atoms with Crippen LogP contribution in [0.3, 0.4) is 0 Å². The number of benzene rings is 1. The molecule has 108 valence electrons. The van der Waals surface area contributed by atoms with Gasteiger partial charge in [-0.15, -0.1) is 0 Å². The third-order valence-electron chi connectivity index (χ3n) is 2.73. The largest absolute Gasteiger partial charge is 0.478 e. The third-order valence-corrected chi connectivity index (χ3v) is 2.73. The van der Waals surface area contributed by atoms with Crippen LogP contribution < -0.4 is 5.32 Å². The van der Waals surface area contributed by atoms with Crippen LogP contribution in [0.15, 0.2) is 30.9 Å². The molecule has 0 spiro atoms. The maximum absolute atomic E-state index is 11.5. The fourth-order valence-electron chi connectivity index (χ4n) is 1.69. The second kappa shape index (κ2) is 7.99. The second-order valence-corrected chi connectivity index (χ2v) is 4.29. The molecule has 0 aliphatic carbocycles. The van der Waals surface area contributed by atoms with Crippen molar-refractivity contribution in [2.75, 3.05) is 11.9 Å². The number of amides is 1. The van der Waals surface area contributed by atoms with Crippen molar-refractivity contribution in [2.45, 2.75) is 26.2 Å². The summed E-state index contributed by atoms with van der Waals surface area (Å²) in [5.41, 5.74) is 1.50. The van der Waals surface area contributed by atoms with Crippen LogP contribution in [0.2, 0.25) is 0 Å². The Labute approximate surface area is 118 Å². The normalized spacial score (nSPS) is 9.85. The molecule has 0 unspecified atom stereocenters. The average molecular weight is 277 g/mol. The van der Waals surface area contributed by atoms with Gasteiger partial charge in [-0.05, 0) is 30.5 Å². The number of rotatable bonds is 7. The highest BCUT2D eigenvalue weighted by atomic mass is 16.5. The molecule has 0 aromatic heterocycles. The molecular formula is C15H19NO4.